The summed E-state index contributed by atoms with van der Waals surface area (Å²) in [6.07, 6.45) is 0. The van der Waals surface area contributed by atoms with Crippen LogP contribution in [-0.2, 0) is 4.74 Å². The Kier molecular flexibility index (Phi) is 5.65. The summed E-state index contributed by atoms with van der Waals surface area (Å²) < 4.78 is 18.3. The summed E-state index contributed by atoms with van der Waals surface area (Å²) in [4.78, 5) is 21.3. The van der Waals surface area contributed by atoms with Crippen molar-refractivity contribution in [2.24, 2.45) is 0 Å². The molecule has 0 fully saturated rings. The lowest BCUT2D eigenvalue weighted by Crippen LogP contribution is -2.32. The summed E-state index contributed by atoms with van der Waals surface area (Å²) in [6, 6.07) is 2.82. The maximum atomic E-state index is 13.5. The Balaban J connectivity index is 2.70. The minimum Gasteiger partial charge on any atom is -0.383 e. The molecule has 0 aliphatic rings. The number of alkyl halides is 1. The SMILES string of the molecule is COCC(Cl)CNC(=O)c1ccc([N+](=O)[O-])cc1F. The predicted molar refractivity (Wildman–Crippen MR) is 66.9 cm³/mol. The lowest BCUT2D eigenvalue weighted by molar-refractivity contribution is -0.385. The van der Waals surface area contributed by atoms with Crippen molar-refractivity contribution in [3.8, 4) is 0 Å². The smallest absolute Gasteiger partial charge is 0.272 e. The molecule has 1 amide bonds. The third-order valence-corrected chi connectivity index (χ3v) is 2.52. The molecule has 1 rings (SSSR count). The van der Waals surface area contributed by atoms with Gasteiger partial charge in [-0.2, -0.15) is 0 Å². The molecule has 1 aromatic rings. The first-order valence-corrected chi connectivity index (χ1v) is 5.74. The van der Waals surface area contributed by atoms with Crippen molar-refractivity contribution in [3.63, 3.8) is 0 Å². The lowest BCUT2D eigenvalue weighted by Gasteiger charge is -2.10. The van der Waals surface area contributed by atoms with E-state index in [1.807, 2.05) is 0 Å². The number of nitro benzene ring substituents is 1. The van der Waals surface area contributed by atoms with Crippen LogP contribution in [0, 0.1) is 15.9 Å². The normalized spacial score (nSPS) is 11.9. The van der Waals surface area contributed by atoms with E-state index < -0.39 is 27.7 Å². The Morgan fingerprint density at radius 3 is 2.84 bits per heavy atom. The van der Waals surface area contributed by atoms with Crippen molar-refractivity contribution in [1.29, 1.82) is 0 Å². The second-order valence-corrected chi connectivity index (χ2v) is 4.30. The van der Waals surface area contributed by atoms with E-state index in [2.05, 4.69) is 5.32 Å². The van der Waals surface area contributed by atoms with Gasteiger partial charge in [0.2, 0.25) is 0 Å². The number of non-ortho nitro benzene ring substituents is 1. The number of benzene rings is 1. The molecule has 0 aliphatic heterocycles. The van der Waals surface area contributed by atoms with Gasteiger partial charge in [-0.1, -0.05) is 0 Å². The number of carbonyl (C=O) groups is 1. The first kappa shape index (κ1) is 15.3. The van der Waals surface area contributed by atoms with Crippen LogP contribution in [0.15, 0.2) is 18.2 Å². The number of halogens is 2. The maximum Gasteiger partial charge on any atom is 0.272 e. The van der Waals surface area contributed by atoms with E-state index in [0.717, 1.165) is 12.1 Å². The molecule has 19 heavy (non-hydrogen) atoms. The van der Waals surface area contributed by atoms with Gasteiger partial charge in [0.05, 0.1) is 28.5 Å². The number of nitro groups is 1. The van der Waals surface area contributed by atoms with Crippen molar-refractivity contribution in [1.82, 2.24) is 5.32 Å². The summed E-state index contributed by atoms with van der Waals surface area (Å²) in [7, 11) is 1.47. The van der Waals surface area contributed by atoms with Crippen LogP contribution in [0.4, 0.5) is 10.1 Å². The standard InChI is InChI=1S/C11H12ClFN2O4/c1-19-6-7(12)5-14-11(16)9-3-2-8(15(17)18)4-10(9)13/h2-4,7H,5-6H2,1H3,(H,14,16). The summed E-state index contributed by atoms with van der Waals surface area (Å²) in [5.74, 6) is -1.64. The molecule has 6 nitrogen and oxygen atoms in total. The molecule has 8 heteroatoms. The average Bonchev–Trinajstić information content (AvgIpc) is 2.36. The van der Waals surface area contributed by atoms with E-state index in [-0.39, 0.29) is 18.7 Å². The molecular weight excluding hydrogens is 279 g/mol. The van der Waals surface area contributed by atoms with Gasteiger partial charge in [-0.25, -0.2) is 4.39 Å². The topological polar surface area (TPSA) is 81.5 Å². The largest absolute Gasteiger partial charge is 0.383 e. The molecule has 0 spiro atoms. The Bertz CT molecular complexity index is 484. The first-order chi connectivity index (χ1) is 8.95. The number of hydrogen-bond donors (Lipinski definition) is 1. The zero-order chi connectivity index (χ0) is 14.4. The second kappa shape index (κ2) is 7.01. The van der Waals surface area contributed by atoms with Gasteiger partial charge in [0.25, 0.3) is 11.6 Å². The quantitative estimate of drug-likeness (QED) is 0.491. The maximum absolute atomic E-state index is 13.5. The monoisotopic (exact) mass is 290 g/mol. The molecule has 1 unspecified atom stereocenters. The van der Waals surface area contributed by atoms with Gasteiger partial charge in [-0.3, -0.25) is 14.9 Å². The fraction of sp³-hybridized carbons (Fsp3) is 0.364. The van der Waals surface area contributed by atoms with Gasteiger partial charge in [-0.05, 0) is 6.07 Å². The van der Waals surface area contributed by atoms with E-state index in [1.165, 1.54) is 7.11 Å². The minimum absolute atomic E-state index is 0.102. The lowest BCUT2D eigenvalue weighted by atomic mass is 10.2. The second-order valence-electron chi connectivity index (χ2n) is 3.68. The van der Waals surface area contributed by atoms with Crippen molar-refractivity contribution >= 4 is 23.2 Å². The van der Waals surface area contributed by atoms with Gasteiger partial charge in [-0.15, -0.1) is 11.6 Å². The van der Waals surface area contributed by atoms with E-state index in [0.29, 0.717) is 6.07 Å². The number of ether oxygens (including phenoxy) is 1. The van der Waals surface area contributed by atoms with Crippen molar-refractivity contribution in [2.75, 3.05) is 20.3 Å². The Hall–Kier alpha value is -1.73. The molecule has 0 aliphatic carbocycles. The Labute approximate surface area is 113 Å². The van der Waals surface area contributed by atoms with Crippen LogP contribution in [0.25, 0.3) is 0 Å². The van der Waals surface area contributed by atoms with Crippen molar-refractivity contribution in [2.45, 2.75) is 5.38 Å². The number of methoxy groups -OCH3 is 1. The highest BCUT2D eigenvalue weighted by molar-refractivity contribution is 6.21. The van der Waals surface area contributed by atoms with Crippen LogP contribution < -0.4 is 5.32 Å². The molecule has 0 heterocycles. The number of amides is 1. The molecule has 0 radical (unpaired) electrons. The molecule has 0 saturated heterocycles. The molecule has 1 N–H and O–H groups in total. The van der Waals surface area contributed by atoms with Crippen molar-refractivity contribution in [3.05, 3.63) is 39.7 Å². The fourth-order valence-electron chi connectivity index (χ4n) is 1.34. The number of rotatable bonds is 6. The molecule has 104 valence electrons. The van der Waals surface area contributed by atoms with E-state index >= 15 is 0 Å². The van der Waals surface area contributed by atoms with Crippen LogP contribution in [0.2, 0.25) is 0 Å². The third kappa shape index (κ3) is 4.46. The van der Waals surface area contributed by atoms with E-state index in [9.17, 15) is 19.3 Å². The van der Waals surface area contributed by atoms with Crippen LogP contribution in [0.5, 0.6) is 0 Å². The Morgan fingerprint density at radius 1 is 1.63 bits per heavy atom. The van der Waals surface area contributed by atoms with Gasteiger partial charge < -0.3 is 10.1 Å². The summed E-state index contributed by atoms with van der Waals surface area (Å²) in [5, 5.41) is 12.4. The molecule has 0 aromatic heterocycles. The Morgan fingerprint density at radius 2 is 2.32 bits per heavy atom. The van der Waals surface area contributed by atoms with E-state index in [4.69, 9.17) is 16.3 Å². The zero-order valence-corrected chi connectivity index (χ0v) is 10.8. The minimum atomic E-state index is -0.954. The number of hydrogen-bond acceptors (Lipinski definition) is 4. The fourth-order valence-corrected chi connectivity index (χ4v) is 1.54. The predicted octanol–water partition coefficient (Wildman–Crippen LogP) is 1.72. The first-order valence-electron chi connectivity index (χ1n) is 5.31. The van der Waals surface area contributed by atoms with Gasteiger partial charge in [0.1, 0.15) is 5.82 Å². The van der Waals surface area contributed by atoms with Crippen LogP contribution in [0.1, 0.15) is 10.4 Å². The van der Waals surface area contributed by atoms with Gasteiger partial charge in [0, 0.05) is 19.7 Å². The van der Waals surface area contributed by atoms with Crippen molar-refractivity contribution < 1.29 is 18.8 Å². The molecule has 1 atom stereocenters. The highest BCUT2D eigenvalue weighted by Crippen LogP contribution is 2.16. The van der Waals surface area contributed by atoms with Gasteiger partial charge >= 0.3 is 0 Å². The van der Waals surface area contributed by atoms with Crippen LogP contribution in [-0.4, -0.2) is 36.5 Å². The highest BCUT2D eigenvalue weighted by Gasteiger charge is 2.16. The summed E-state index contributed by atoms with van der Waals surface area (Å²) in [6.45, 7) is 0.342. The van der Waals surface area contributed by atoms with Crippen LogP contribution >= 0.6 is 11.6 Å². The average molecular weight is 291 g/mol. The summed E-state index contributed by atoms with van der Waals surface area (Å²) in [5.41, 5.74) is -0.685. The van der Waals surface area contributed by atoms with E-state index in [1.54, 1.807) is 0 Å². The number of carbonyl (C=O) groups excluding carboxylic acids is 1. The zero-order valence-electron chi connectivity index (χ0n) is 10.1. The van der Waals surface area contributed by atoms with Gasteiger partial charge in [0.15, 0.2) is 0 Å². The number of nitrogens with one attached hydrogen (secondary N) is 1. The summed E-state index contributed by atoms with van der Waals surface area (Å²) >= 11 is 5.80. The highest BCUT2D eigenvalue weighted by atomic mass is 35.5. The van der Waals surface area contributed by atoms with Crippen LogP contribution in [0.3, 0.4) is 0 Å². The molecule has 0 bridgehead atoms. The molecule has 0 saturated carbocycles. The molecular formula is C11H12ClFN2O4. The third-order valence-electron chi connectivity index (χ3n) is 2.24. The molecule has 1 aromatic carbocycles. The number of nitrogens with zero attached hydrogens (tertiary/aromatic N) is 1.